The van der Waals surface area contributed by atoms with Gasteiger partial charge in [0.05, 0.1) is 23.6 Å². The van der Waals surface area contributed by atoms with Crippen LogP contribution in [0.4, 0.5) is 0 Å². The molecule has 0 aromatic heterocycles. The van der Waals surface area contributed by atoms with Gasteiger partial charge in [-0.05, 0) is 24.6 Å². The number of carbonyl (C=O) groups is 2. The number of alkyl halides is 1. The van der Waals surface area contributed by atoms with Gasteiger partial charge in [0, 0.05) is 0 Å². The van der Waals surface area contributed by atoms with E-state index in [0.717, 1.165) is 12.8 Å². The minimum atomic E-state index is -0.487. The number of unbranched alkanes of at least 4 members (excludes halogenated alkanes) is 8. The van der Waals surface area contributed by atoms with Crippen LogP contribution in [0.15, 0.2) is 24.3 Å². The lowest BCUT2D eigenvalue weighted by Gasteiger charge is -2.07. The predicted molar refractivity (Wildman–Crippen MR) is 105 cm³/mol. The SMILES string of the molecule is CCCCCCCCCCCOC(=O)c1cccc(C(=O)OCCCl)c1. The molecule has 4 nitrogen and oxygen atoms in total. The standard InChI is InChI=1S/C21H31ClO4/c1-2-3-4-5-6-7-8-9-10-15-25-20(23)18-12-11-13-19(17-18)21(24)26-16-14-22/h11-13,17H,2-10,14-16H2,1H3. The lowest BCUT2D eigenvalue weighted by molar-refractivity contribution is 0.0497. The Balaban J connectivity index is 2.20. The van der Waals surface area contributed by atoms with Crippen molar-refractivity contribution in [3.63, 3.8) is 0 Å². The molecule has 0 amide bonds. The maximum absolute atomic E-state index is 12.1. The molecule has 0 radical (unpaired) electrons. The highest BCUT2D eigenvalue weighted by atomic mass is 35.5. The van der Waals surface area contributed by atoms with Crippen molar-refractivity contribution in [2.75, 3.05) is 19.1 Å². The van der Waals surface area contributed by atoms with Gasteiger partial charge >= 0.3 is 11.9 Å². The van der Waals surface area contributed by atoms with E-state index in [9.17, 15) is 9.59 Å². The summed E-state index contributed by atoms with van der Waals surface area (Å²) in [6, 6.07) is 6.38. The van der Waals surface area contributed by atoms with Crippen molar-refractivity contribution < 1.29 is 19.1 Å². The Bertz CT molecular complexity index is 530. The van der Waals surface area contributed by atoms with Gasteiger partial charge in [0.15, 0.2) is 0 Å². The molecule has 0 atom stereocenters. The maximum atomic E-state index is 12.1. The molecule has 146 valence electrons. The third kappa shape index (κ3) is 9.81. The van der Waals surface area contributed by atoms with E-state index in [-0.39, 0.29) is 12.5 Å². The molecule has 0 saturated heterocycles. The molecule has 0 aliphatic rings. The lowest BCUT2D eigenvalue weighted by Crippen LogP contribution is -2.10. The molecule has 5 heteroatoms. The van der Waals surface area contributed by atoms with Gasteiger partial charge in [-0.25, -0.2) is 9.59 Å². The van der Waals surface area contributed by atoms with Gasteiger partial charge in [-0.1, -0.05) is 64.4 Å². The molecular formula is C21H31ClO4. The molecule has 0 aliphatic carbocycles. The number of halogens is 1. The predicted octanol–water partition coefficient (Wildman–Crippen LogP) is 5.77. The normalized spacial score (nSPS) is 10.5. The van der Waals surface area contributed by atoms with Crippen LogP contribution in [0.1, 0.15) is 85.4 Å². The second kappa shape index (κ2) is 14.6. The molecular weight excluding hydrogens is 352 g/mol. The molecule has 26 heavy (non-hydrogen) atoms. The van der Waals surface area contributed by atoms with Crippen molar-refractivity contribution >= 4 is 23.5 Å². The van der Waals surface area contributed by atoms with E-state index >= 15 is 0 Å². The minimum Gasteiger partial charge on any atom is -0.462 e. The molecule has 1 aromatic rings. The highest BCUT2D eigenvalue weighted by Gasteiger charge is 2.12. The molecule has 0 heterocycles. The van der Waals surface area contributed by atoms with Crippen molar-refractivity contribution in [2.24, 2.45) is 0 Å². The Kier molecular flexibility index (Phi) is 12.6. The van der Waals surface area contributed by atoms with E-state index in [1.165, 1.54) is 51.0 Å². The Morgan fingerprint density at radius 1 is 0.808 bits per heavy atom. The summed E-state index contributed by atoms with van der Waals surface area (Å²) in [6.07, 6.45) is 11.0. The minimum absolute atomic E-state index is 0.146. The molecule has 1 rings (SSSR count). The molecule has 0 fully saturated rings. The van der Waals surface area contributed by atoms with E-state index in [1.807, 2.05) is 0 Å². The van der Waals surface area contributed by atoms with Crippen LogP contribution in [-0.2, 0) is 9.47 Å². The van der Waals surface area contributed by atoms with E-state index in [2.05, 4.69) is 6.92 Å². The van der Waals surface area contributed by atoms with E-state index in [1.54, 1.807) is 18.2 Å². The number of hydrogen-bond donors (Lipinski definition) is 0. The molecule has 0 N–H and O–H groups in total. The average Bonchev–Trinajstić information content (AvgIpc) is 2.67. The summed E-state index contributed by atoms with van der Waals surface area (Å²) in [6.45, 7) is 2.79. The number of carbonyl (C=O) groups excluding carboxylic acids is 2. The molecule has 1 aromatic carbocycles. The fourth-order valence-corrected chi connectivity index (χ4v) is 2.73. The third-order valence-corrected chi connectivity index (χ3v) is 4.28. The summed E-state index contributed by atoms with van der Waals surface area (Å²) < 4.78 is 10.2. The molecule has 0 bridgehead atoms. The number of hydrogen-bond acceptors (Lipinski definition) is 4. The number of rotatable bonds is 14. The van der Waals surface area contributed by atoms with Crippen molar-refractivity contribution in [1.29, 1.82) is 0 Å². The Morgan fingerprint density at radius 3 is 1.85 bits per heavy atom. The Hall–Kier alpha value is -1.55. The van der Waals surface area contributed by atoms with Gasteiger partial charge in [-0.15, -0.1) is 11.6 Å². The fraction of sp³-hybridized carbons (Fsp3) is 0.619. The topological polar surface area (TPSA) is 52.6 Å². The quantitative estimate of drug-likeness (QED) is 0.233. The van der Waals surface area contributed by atoms with Crippen LogP contribution >= 0.6 is 11.6 Å². The third-order valence-electron chi connectivity index (χ3n) is 4.13. The van der Waals surface area contributed by atoms with E-state index in [0.29, 0.717) is 17.7 Å². The molecule has 0 spiro atoms. The zero-order chi connectivity index (χ0) is 19.0. The second-order valence-electron chi connectivity index (χ2n) is 6.37. The zero-order valence-corrected chi connectivity index (χ0v) is 16.6. The number of ether oxygens (including phenoxy) is 2. The van der Waals surface area contributed by atoms with Crippen LogP contribution < -0.4 is 0 Å². The second-order valence-corrected chi connectivity index (χ2v) is 6.75. The molecule has 0 saturated carbocycles. The van der Waals surface area contributed by atoms with Gasteiger partial charge in [-0.2, -0.15) is 0 Å². The Morgan fingerprint density at radius 2 is 1.31 bits per heavy atom. The number of benzene rings is 1. The van der Waals surface area contributed by atoms with Gasteiger partial charge < -0.3 is 9.47 Å². The van der Waals surface area contributed by atoms with Crippen LogP contribution in [0.5, 0.6) is 0 Å². The highest BCUT2D eigenvalue weighted by Crippen LogP contribution is 2.11. The van der Waals surface area contributed by atoms with E-state index < -0.39 is 11.9 Å². The Labute approximate surface area is 162 Å². The summed E-state index contributed by atoms with van der Waals surface area (Å²) in [4.78, 5) is 23.9. The first-order valence-corrected chi connectivity index (χ1v) is 10.2. The average molecular weight is 383 g/mol. The van der Waals surface area contributed by atoms with Gasteiger partial charge in [0.1, 0.15) is 6.61 Å². The monoisotopic (exact) mass is 382 g/mol. The van der Waals surface area contributed by atoms with Crippen molar-refractivity contribution in [3.05, 3.63) is 35.4 Å². The maximum Gasteiger partial charge on any atom is 0.338 e. The lowest BCUT2D eigenvalue weighted by atomic mass is 10.1. The summed E-state index contributed by atoms with van der Waals surface area (Å²) in [5.41, 5.74) is 0.689. The first-order valence-electron chi connectivity index (χ1n) is 9.69. The first kappa shape index (κ1) is 22.5. The largest absolute Gasteiger partial charge is 0.462 e. The van der Waals surface area contributed by atoms with Crippen molar-refractivity contribution in [3.8, 4) is 0 Å². The fourth-order valence-electron chi connectivity index (χ4n) is 2.65. The number of esters is 2. The van der Waals surface area contributed by atoms with Crippen LogP contribution in [-0.4, -0.2) is 31.0 Å². The molecule has 0 aliphatic heterocycles. The van der Waals surface area contributed by atoms with Gasteiger partial charge in [0.25, 0.3) is 0 Å². The van der Waals surface area contributed by atoms with Crippen molar-refractivity contribution in [1.82, 2.24) is 0 Å². The van der Waals surface area contributed by atoms with E-state index in [4.69, 9.17) is 21.1 Å². The summed E-state index contributed by atoms with van der Waals surface area (Å²) >= 11 is 5.49. The van der Waals surface area contributed by atoms with Crippen LogP contribution in [0.3, 0.4) is 0 Å². The van der Waals surface area contributed by atoms with Crippen LogP contribution in [0.25, 0.3) is 0 Å². The summed E-state index contributed by atoms with van der Waals surface area (Å²) in [7, 11) is 0. The summed E-state index contributed by atoms with van der Waals surface area (Å²) in [5, 5.41) is 0. The van der Waals surface area contributed by atoms with Gasteiger partial charge in [-0.3, -0.25) is 0 Å². The summed E-state index contributed by atoms with van der Waals surface area (Å²) in [5.74, 6) is -0.651. The van der Waals surface area contributed by atoms with Gasteiger partial charge in [0.2, 0.25) is 0 Å². The first-order chi connectivity index (χ1) is 12.7. The van der Waals surface area contributed by atoms with Crippen molar-refractivity contribution in [2.45, 2.75) is 64.7 Å². The highest BCUT2D eigenvalue weighted by molar-refractivity contribution is 6.18. The van der Waals surface area contributed by atoms with Crippen LogP contribution in [0, 0.1) is 0 Å². The smallest absolute Gasteiger partial charge is 0.338 e. The zero-order valence-electron chi connectivity index (χ0n) is 15.8. The molecule has 0 unspecified atom stereocenters. The van der Waals surface area contributed by atoms with Crippen LogP contribution in [0.2, 0.25) is 0 Å².